The van der Waals surface area contributed by atoms with Gasteiger partial charge in [-0.3, -0.25) is 9.59 Å². The monoisotopic (exact) mass is 426 g/mol. The highest BCUT2D eigenvalue weighted by Gasteiger charge is 2.40. The van der Waals surface area contributed by atoms with Crippen LogP contribution in [0.15, 0.2) is 72.4 Å². The highest BCUT2D eigenvalue weighted by atomic mass is 16.5. The number of carbonyl (C=O) groups excluding carboxylic acids is 2. The summed E-state index contributed by atoms with van der Waals surface area (Å²) in [7, 11) is 0. The van der Waals surface area contributed by atoms with Gasteiger partial charge in [-0.15, -0.1) is 0 Å². The summed E-state index contributed by atoms with van der Waals surface area (Å²) >= 11 is 0. The third-order valence-corrected chi connectivity index (χ3v) is 5.65. The summed E-state index contributed by atoms with van der Waals surface area (Å²) < 4.78 is 5.59. The number of benzene rings is 3. The van der Waals surface area contributed by atoms with Crippen molar-refractivity contribution >= 4 is 28.8 Å². The number of hydrogen-bond acceptors (Lipinski definition) is 4. The number of rotatable bonds is 6. The Balaban J connectivity index is 1.84. The van der Waals surface area contributed by atoms with E-state index in [1.54, 1.807) is 6.07 Å². The fraction of sp³-hybridized carbons (Fsp3) is 0.185. The molecule has 0 atom stereocenters. The molecule has 5 heteroatoms. The van der Waals surface area contributed by atoms with Gasteiger partial charge in [-0.1, -0.05) is 42.5 Å². The van der Waals surface area contributed by atoms with Gasteiger partial charge in [0.05, 0.1) is 17.9 Å². The quantitative estimate of drug-likeness (QED) is 0.536. The van der Waals surface area contributed by atoms with Crippen molar-refractivity contribution in [1.82, 2.24) is 0 Å². The zero-order chi connectivity index (χ0) is 22.8. The average molecular weight is 427 g/mol. The van der Waals surface area contributed by atoms with Crippen LogP contribution in [0.3, 0.4) is 0 Å². The molecule has 0 fully saturated rings. The van der Waals surface area contributed by atoms with Crippen LogP contribution in [0.1, 0.15) is 29.2 Å². The van der Waals surface area contributed by atoms with Gasteiger partial charge in [-0.2, -0.15) is 0 Å². The van der Waals surface area contributed by atoms with Crippen LogP contribution in [-0.4, -0.2) is 18.4 Å². The molecule has 32 heavy (non-hydrogen) atoms. The van der Waals surface area contributed by atoms with E-state index in [1.807, 2.05) is 88.4 Å². The maximum Gasteiger partial charge on any atom is 0.282 e. The number of para-hydroxylation sites is 1. The summed E-state index contributed by atoms with van der Waals surface area (Å²) in [6.45, 7) is 8.37. The van der Waals surface area contributed by atoms with Crippen LogP contribution in [0.2, 0.25) is 0 Å². The highest BCUT2D eigenvalue weighted by molar-refractivity contribution is 6.46. The number of hydrogen-bond donors (Lipinski definition) is 1. The predicted octanol–water partition coefficient (Wildman–Crippen LogP) is 5.41. The molecule has 1 aliphatic rings. The Labute approximate surface area is 188 Å². The summed E-state index contributed by atoms with van der Waals surface area (Å²) in [5, 5.41) is 3.21. The van der Waals surface area contributed by atoms with E-state index in [4.69, 9.17) is 4.74 Å². The van der Waals surface area contributed by atoms with Crippen molar-refractivity contribution in [1.29, 1.82) is 0 Å². The lowest BCUT2D eigenvalue weighted by Gasteiger charge is -2.17. The van der Waals surface area contributed by atoms with Crippen LogP contribution in [0.25, 0.3) is 5.57 Å². The zero-order valence-corrected chi connectivity index (χ0v) is 18.7. The Kier molecular flexibility index (Phi) is 5.82. The van der Waals surface area contributed by atoms with Gasteiger partial charge in [-0.05, 0) is 68.1 Å². The van der Waals surface area contributed by atoms with Gasteiger partial charge >= 0.3 is 0 Å². The molecule has 0 saturated heterocycles. The molecule has 0 aromatic heterocycles. The van der Waals surface area contributed by atoms with E-state index < -0.39 is 0 Å². The van der Waals surface area contributed by atoms with Gasteiger partial charge in [0.15, 0.2) is 0 Å². The number of carbonyl (C=O) groups is 2. The molecule has 0 spiro atoms. The summed E-state index contributed by atoms with van der Waals surface area (Å²) in [6, 6.07) is 20.6. The molecule has 3 aromatic carbocycles. The Bertz CT molecular complexity index is 1240. The molecule has 4 rings (SSSR count). The number of ether oxygens (including phenoxy) is 1. The molecule has 0 radical (unpaired) electrons. The SMILES string of the molecule is CCOc1cccc(NC2=C(c3ccc(C)c(C)c3)C(=O)N(c3ccccc3C)C2=O)c1. The first-order valence-electron chi connectivity index (χ1n) is 10.7. The molecular weight excluding hydrogens is 400 g/mol. The molecule has 2 amide bonds. The number of amides is 2. The first kappa shape index (κ1) is 21.4. The Morgan fingerprint density at radius 3 is 2.31 bits per heavy atom. The standard InChI is InChI=1S/C27H26N2O3/c1-5-32-22-11-8-10-21(16-22)28-25-24(20-14-13-17(2)19(4)15-20)26(30)29(27(25)31)23-12-7-6-9-18(23)3/h6-16,28H,5H2,1-4H3. The van der Waals surface area contributed by atoms with E-state index in [0.29, 0.717) is 34.9 Å². The molecule has 0 unspecified atom stereocenters. The average Bonchev–Trinajstić information content (AvgIpc) is 3.01. The van der Waals surface area contributed by atoms with Crippen LogP contribution in [0.5, 0.6) is 5.75 Å². The van der Waals surface area contributed by atoms with Crippen LogP contribution >= 0.6 is 0 Å². The van der Waals surface area contributed by atoms with E-state index in [2.05, 4.69) is 5.32 Å². The van der Waals surface area contributed by atoms with E-state index in [1.165, 1.54) is 4.90 Å². The van der Waals surface area contributed by atoms with Crippen molar-refractivity contribution in [3.05, 3.63) is 94.7 Å². The minimum absolute atomic E-state index is 0.259. The lowest BCUT2D eigenvalue weighted by molar-refractivity contribution is -0.120. The van der Waals surface area contributed by atoms with E-state index in [0.717, 1.165) is 16.7 Å². The first-order valence-corrected chi connectivity index (χ1v) is 10.7. The van der Waals surface area contributed by atoms with Crippen molar-refractivity contribution in [2.45, 2.75) is 27.7 Å². The number of aryl methyl sites for hydroxylation is 3. The van der Waals surface area contributed by atoms with Crippen molar-refractivity contribution < 1.29 is 14.3 Å². The van der Waals surface area contributed by atoms with Gasteiger partial charge < -0.3 is 10.1 Å². The third kappa shape index (κ3) is 3.89. The highest BCUT2D eigenvalue weighted by Crippen LogP contribution is 2.35. The van der Waals surface area contributed by atoms with Gasteiger partial charge in [0.1, 0.15) is 11.4 Å². The second-order valence-corrected chi connectivity index (χ2v) is 7.87. The Hall–Kier alpha value is -3.86. The van der Waals surface area contributed by atoms with Crippen molar-refractivity contribution in [2.75, 3.05) is 16.8 Å². The number of imide groups is 1. The molecule has 0 aliphatic carbocycles. The topological polar surface area (TPSA) is 58.6 Å². The number of nitrogens with zero attached hydrogens (tertiary/aromatic N) is 1. The number of nitrogens with one attached hydrogen (secondary N) is 1. The van der Waals surface area contributed by atoms with E-state index in [-0.39, 0.29) is 17.5 Å². The maximum absolute atomic E-state index is 13.6. The van der Waals surface area contributed by atoms with Crippen molar-refractivity contribution in [2.24, 2.45) is 0 Å². The maximum atomic E-state index is 13.6. The number of anilines is 2. The molecule has 1 heterocycles. The molecule has 1 N–H and O–H groups in total. The fourth-order valence-electron chi connectivity index (χ4n) is 3.82. The molecule has 0 saturated carbocycles. The summed E-state index contributed by atoms with van der Waals surface area (Å²) in [5.74, 6) is -0.0197. The van der Waals surface area contributed by atoms with Crippen LogP contribution < -0.4 is 15.0 Å². The smallest absolute Gasteiger partial charge is 0.282 e. The Morgan fingerprint density at radius 2 is 1.59 bits per heavy atom. The molecule has 0 bridgehead atoms. The van der Waals surface area contributed by atoms with Crippen LogP contribution in [-0.2, 0) is 9.59 Å². The minimum atomic E-state index is -0.376. The minimum Gasteiger partial charge on any atom is -0.494 e. The van der Waals surface area contributed by atoms with Crippen LogP contribution in [0.4, 0.5) is 11.4 Å². The zero-order valence-electron chi connectivity index (χ0n) is 18.7. The van der Waals surface area contributed by atoms with E-state index >= 15 is 0 Å². The van der Waals surface area contributed by atoms with Gasteiger partial charge in [-0.25, -0.2) is 4.90 Å². The summed E-state index contributed by atoms with van der Waals surface area (Å²) in [4.78, 5) is 28.4. The third-order valence-electron chi connectivity index (χ3n) is 5.65. The van der Waals surface area contributed by atoms with Gasteiger partial charge in [0, 0.05) is 11.8 Å². The molecule has 3 aromatic rings. The molecule has 162 valence electrons. The predicted molar refractivity (Wildman–Crippen MR) is 128 cm³/mol. The van der Waals surface area contributed by atoms with Gasteiger partial charge in [0.2, 0.25) is 0 Å². The van der Waals surface area contributed by atoms with Crippen molar-refractivity contribution in [3.63, 3.8) is 0 Å². The summed E-state index contributed by atoms with van der Waals surface area (Å²) in [6.07, 6.45) is 0. The summed E-state index contributed by atoms with van der Waals surface area (Å²) in [5.41, 5.74) is 5.64. The fourth-order valence-corrected chi connectivity index (χ4v) is 3.82. The van der Waals surface area contributed by atoms with E-state index in [9.17, 15) is 9.59 Å². The second kappa shape index (κ2) is 8.71. The largest absolute Gasteiger partial charge is 0.494 e. The second-order valence-electron chi connectivity index (χ2n) is 7.87. The normalized spacial score (nSPS) is 13.7. The van der Waals surface area contributed by atoms with Gasteiger partial charge in [0.25, 0.3) is 11.8 Å². The first-order chi connectivity index (χ1) is 15.4. The Morgan fingerprint density at radius 1 is 0.812 bits per heavy atom. The van der Waals surface area contributed by atoms with Crippen LogP contribution in [0, 0.1) is 20.8 Å². The molecular formula is C27H26N2O3. The molecule has 1 aliphatic heterocycles. The lowest BCUT2D eigenvalue weighted by atomic mass is 9.99. The molecule has 5 nitrogen and oxygen atoms in total. The lowest BCUT2D eigenvalue weighted by Crippen LogP contribution is -2.33. The van der Waals surface area contributed by atoms with Crippen molar-refractivity contribution in [3.8, 4) is 5.75 Å².